The second kappa shape index (κ2) is 5.55. The van der Waals surface area contributed by atoms with E-state index in [4.69, 9.17) is 10.5 Å². The summed E-state index contributed by atoms with van der Waals surface area (Å²) in [5.41, 5.74) is 5.99. The van der Waals surface area contributed by atoms with Gasteiger partial charge in [-0.15, -0.1) is 0 Å². The molecule has 0 amide bonds. The van der Waals surface area contributed by atoms with Crippen LogP contribution in [0.3, 0.4) is 0 Å². The lowest BCUT2D eigenvalue weighted by atomic mass is 10.1. The minimum Gasteiger partial charge on any atom is -0.465 e. The van der Waals surface area contributed by atoms with Crippen molar-refractivity contribution in [3.63, 3.8) is 0 Å². The van der Waals surface area contributed by atoms with Crippen molar-refractivity contribution < 1.29 is 18.3 Å². The maximum absolute atomic E-state index is 12.8. The summed E-state index contributed by atoms with van der Waals surface area (Å²) in [4.78, 5) is 11.2. The van der Waals surface area contributed by atoms with Gasteiger partial charge in [0.05, 0.1) is 6.61 Å². The zero-order valence-electron chi connectivity index (χ0n) is 8.87. The van der Waals surface area contributed by atoms with Crippen molar-refractivity contribution in [3.05, 3.63) is 35.4 Å². The molecular weight excluding hydrogens is 216 g/mol. The molecule has 2 N–H and O–H groups in total. The summed E-state index contributed by atoms with van der Waals surface area (Å²) in [6, 6.07) is 2.55. The average Bonchev–Trinajstić information content (AvgIpc) is 2.24. The number of carbonyl (C=O) groups excluding carboxylic acids is 1. The summed E-state index contributed by atoms with van der Waals surface area (Å²) < 4.78 is 30.2. The molecule has 0 bridgehead atoms. The van der Waals surface area contributed by atoms with Crippen LogP contribution >= 0.6 is 0 Å². The number of ether oxygens (including phenoxy) is 1. The van der Waals surface area contributed by atoms with E-state index in [1.165, 1.54) is 6.07 Å². The predicted octanol–water partition coefficient (Wildman–Crippen LogP) is 1.40. The molecule has 1 rings (SSSR count). The standard InChI is InChI=1S/C11H13F2NO2/c1-2-16-11(15)10(14)6-7-3-4-8(12)9(13)5-7/h3-5,10H,2,6,14H2,1H3. The molecule has 3 nitrogen and oxygen atoms in total. The molecule has 0 aliphatic rings. The maximum atomic E-state index is 12.8. The van der Waals surface area contributed by atoms with Crippen LogP contribution in [0.15, 0.2) is 18.2 Å². The zero-order chi connectivity index (χ0) is 12.1. The molecule has 5 heteroatoms. The second-order valence-corrected chi connectivity index (χ2v) is 3.31. The molecule has 0 heterocycles. The Labute approximate surface area is 92.2 Å². The van der Waals surface area contributed by atoms with Crippen LogP contribution in [0, 0.1) is 11.6 Å². The molecule has 16 heavy (non-hydrogen) atoms. The first-order valence-electron chi connectivity index (χ1n) is 4.90. The van der Waals surface area contributed by atoms with Crippen LogP contribution in [-0.2, 0) is 16.0 Å². The van der Waals surface area contributed by atoms with Gasteiger partial charge >= 0.3 is 5.97 Å². The van der Waals surface area contributed by atoms with Gasteiger partial charge in [0.15, 0.2) is 11.6 Å². The van der Waals surface area contributed by atoms with Gasteiger partial charge in [0, 0.05) is 0 Å². The fourth-order valence-corrected chi connectivity index (χ4v) is 1.25. The molecule has 1 atom stereocenters. The lowest BCUT2D eigenvalue weighted by molar-refractivity contribution is -0.144. The Bertz CT molecular complexity index is 382. The first-order chi connectivity index (χ1) is 7.54. The van der Waals surface area contributed by atoms with E-state index in [-0.39, 0.29) is 13.0 Å². The van der Waals surface area contributed by atoms with Gasteiger partial charge in [-0.1, -0.05) is 6.07 Å². The highest BCUT2D eigenvalue weighted by Gasteiger charge is 2.15. The van der Waals surface area contributed by atoms with Crippen LogP contribution in [0.1, 0.15) is 12.5 Å². The van der Waals surface area contributed by atoms with E-state index >= 15 is 0 Å². The highest BCUT2D eigenvalue weighted by atomic mass is 19.2. The SMILES string of the molecule is CCOC(=O)C(N)Cc1ccc(F)c(F)c1. The Balaban J connectivity index is 2.66. The smallest absolute Gasteiger partial charge is 0.323 e. The van der Waals surface area contributed by atoms with Crippen molar-refractivity contribution >= 4 is 5.97 Å². The minimum absolute atomic E-state index is 0.121. The maximum Gasteiger partial charge on any atom is 0.323 e. The zero-order valence-corrected chi connectivity index (χ0v) is 8.87. The third kappa shape index (κ3) is 3.27. The van der Waals surface area contributed by atoms with E-state index in [2.05, 4.69) is 0 Å². The summed E-state index contributed by atoms with van der Waals surface area (Å²) in [7, 11) is 0. The van der Waals surface area contributed by atoms with Gasteiger partial charge in [-0.3, -0.25) is 4.79 Å². The predicted molar refractivity (Wildman–Crippen MR) is 54.7 cm³/mol. The molecule has 0 aliphatic heterocycles. The number of hydrogen-bond donors (Lipinski definition) is 1. The summed E-state index contributed by atoms with van der Waals surface area (Å²) in [6.45, 7) is 1.91. The van der Waals surface area contributed by atoms with Gasteiger partial charge in [0.25, 0.3) is 0 Å². The van der Waals surface area contributed by atoms with Crippen molar-refractivity contribution in [1.29, 1.82) is 0 Å². The van der Waals surface area contributed by atoms with Gasteiger partial charge in [-0.25, -0.2) is 8.78 Å². The molecule has 88 valence electrons. The first kappa shape index (κ1) is 12.6. The van der Waals surface area contributed by atoms with E-state index in [9.17, 15) is 13.6 Å². The minimum atomic E-state index is -0.950. The Morgan fingerprint density at radius 2 is 2.12 bits per heavy atom. The Kier molecular flexibility index (Phi) is 4.37. The number of nitrogens with two attached hydrogens (primary N) is 1. The van der Waals surface area contributed by atoms with Gasteiger partial charge in [-0.05, 0) is 31.0 Å². The molecule has 1 aromatic rings. The van der Waals surface area contributed by atoms with Gasteiger partial charge < -0.3 is 10.5 Å². The third-order valence-electron chi connectivity index (χ3n) is 2.03. The van der Waals surface area contributed by atoms with Crippen molar-refractivity contribution in [2.24, 2.45) is 5.73 Å². The van der Waals surface area contributed by atoms with Crippen molar-refractivity contribution in [2.75, 3.05) is 6.61 Å². The molecule has 0 saturated carbocycles. The van der Waals surface area contributed by atoms with Crippen LogP contribution in [0.2, 0.25) is 0 Å². The monoisotopic (exact) mass is 229 g/mol. The quantitative estimate of drug-likeness (QED) is 0.794. The molecular formula is C11H13F2NO2. The van der Waals surface area contributed by atoms with E-state index in [1.807, 2.05) is 0 Å². The molecule has 0 aromatic heterocycles. The van der Waals surface area contributed by atoms with Gasteiger partial charge in [0.1, 0.15) is 6.04 Å². The number of rotatable bonds is 4. The molecule has 0 radical (unpaired) electrons. The van der Waals surface area contributed by atoms with E-state index in [0.717, 1.165) is 12.1 Å². The van der Waals surface area contributed by atoms with Gasteiger partial charge in [0.2, 0.25) is 0 Å². The largest absolute Gasteiger partial charge is 0.465 e. The Morgan fingerprint density at radius 1 is 1.44 bits per heavy atom. The Hall–Kier alpha value is -1.49. The summed E-state index contributed by atoms with van der Waals surface area (Å²) in [5.74, 6) is -2.42. The summed E-state index contributed by atoms with van der Waals surface area (Å²) in [6.07, 6.45) is 0.121. The van der Waals surface area contributed by atoms with Crippen molar-refractivity contribution in [1.82, 2.24) is 0 Å². The lowest BCUT2D eigenvalue weighted by Gasteiger charge is -2.10. The topological polar surface area (TPSA) is 52.3 Å². The molecule has 0 fully saturated rings. The normalized spacial score (nSPS) is 12.2. The number of esters is 1. The highest BCUT2D eigenvalue weighted by molar-refractivity contribution is 5.75. The lowest BCUT2D eigenvalue weighted by Crippen LogP contribution is -2.34. The van der Waals surface area contributed by atoms with Gasteiger partial charge in [-0.2, -0.15) is 0 Å². The van der Waals surface area contributed by atoms with E-state index in [0.29, 0.717) is 5.56 Å². The highest BCUT2D eigenvalue weighted by Crippen LogP contribution is 2.10. The fourth-order valence-electron chi connectivity index (χ4n) is 1.25. The number of hydrogen-bond acceptors (Lipinski definition) is 3. The van der Waals surface area contributed by atoms with Crippen molar-refractivity contribution in [2.45, 2.75) is 19.4 Å². The van der Waals surface area contributed by atoms with Crippen LogP contribution < -0.4 is 5.73 Å². The second-order valence-electron chi connectivity index (χ2n) is 3.31. The number of carbonyl (C=O) groups is 1. The summed E-state index contributed by atoms with van der Waals surface area (Å²) >= 11 is 0. The third-order valence-corrected chi connectivity index (χ3v) is 2.03. The molecule has 0 aliphatic carbocycles. The Morgan fingerprint density at radius 3 is 2.69 bits per heavy atom. The van der Waals surface area contributed by atoms with Crippen molar-refractivity contribution in [3.8, 4) is 0 Å². The molecule has 1 aromatic carbocycles. The van der Waals surface area contributed by atoms with E-state index in [1.54, 1.807) is 6.92 Å². The molecule has 0 spiro atoms. The van der Waals surface area contributed by atoms with Crippen LogP contribution in [0.25, 0.3) is 0 Å². The average molecular weight is 229 g/mol. The van der Waals surface area contributed by atoms with Crippen LogP contribution in [0.4, 0.5) is 8.78 Å². The number of halogens is 2. The van der Waals surface area contributed by atoms with Crippen LogP contribution in [0.5, 0.6) is 0 Å². The molecule has 0 saturated heterocycles. The fraction of sp³-hybridized carbons (Fsp3) is 0.364. The van der Waals surface area contributed by atoms with Crippen LogP contribution in [-0.4, -0.2) is 18.6 Å². The first-order valence-corrected chi connectivity index (χ1v) is 4.90. The number of benzene rings is 1. The molecule has 1 unspecified atom stereocenters. The summed E-state index contributed by atoms with van der Waals surface area (Å²) in [5, 5.41) is 0. The van der Waals surface area contributed by atoms with E-state index < -0.39 is 23.6 Å².